The highest BCUT2D eigenvalue weighted by Crippen LogP contribution is 2.26. The largest absolute Gasteiger partial charge is 0.318 e. The first-order valence-electron chi connectivity index (χ1n) is 6.02. The molecule has 0 heterocycles. The number of fused-ring (bicyclic) bond motifs is 1. The third-order valence-electron chi connectivity index (χ3n) is 3.36. The fourth-order valence-electron chi connectivity index (χ4n) is 2.09. The van der Waals surface area contributed by atoms with Crippen LogP contribution < -0.4 is 4.48 Å². The molecule has 2 aromatic carbocycles. The van der Waals surface area contributed by atoms with E-state index < -0.39 is 0 Å². The summed E-state index contributed by atoms with van der Waals surface area (Å²) in [6.07, 6.45) is 0.494. The molecule has 0 spiro atoms. The van der Waals surface area contributed by atoms with Gasteiger partial charge in [0.2, 0.25) is 0 Å². The summed E-state index contributed by atoms with van der Waals surface area (Å²) in [7, 11) is 3.74. The van der Waals surface area contributed by atoms with Gasteiger partial charge in [-0.2, -0.15) is 0 Å². The molecule has 0 radical (unpaired) electrons. The molecule has 2 nitrogen and oxygen atoms in total. The maximum absolute atomic E-state index is 13.1. The van der Waals surface area contributed by atoms with Crippen molar-refractivity contribution in [2.24, 2.45) is 0 Å². The molecule has 0 aliphatic heterocycles. The van der Waals surface area contributed by atoms with Gasteiger partial charge in [0, 0.05) is 12.1 Å². The van der Waals surface area contributed by atoms with Crippen molar-refractivity contribution in [2.75, 3.05) is 14.1 Å². The average Bonchev–Trinajstić information content (AvgIpc) is 2.36. The lowest BCUT2D eigenvalue weighted by Gasteiger charge is -2.26. The second kappa shape index (κ2) is 4.50. The standard InChI is InChI=1S/C15H17FNO/c1-4-15(18)17(2,3)14-8-6-11-9-13(16)7-5-12(11)10-14/h5-10H,4H2,1-3H3/q+1. The molecule has 3 heteroatoms. The minimum Gasteiger partial charge on any atom is -0.233 e. The summed E-state index contributed by atoms with van der Waals surface area (Å²) in [6.45, 7) is 1.86. The molecule has 0 fully saturated rings. The zero-order valence-corrected chi connectivity index (χ0v) is 10.9. The molecule has 0 saturated heterocycles. The summed E-state index contributed by atoms with van der Waals surface area (Å²) in [5.41, 5.74) is 0.918. The lowest BCUT2D eigenvalue weighted by Crippen LogP contribution is -2.46. The number of halogens is 1. The predicted molar refractivity (Wildman–Crippen MR) is 72.8 cm³/mol. The smallest absolute Gasteiger partial charge is 0.233 e. The highest BCUT2D eigenvalue weighted by molar-refractivity contribution is 5.92. The van der Waals surface area contributed by atoms with Crippen molar-refractivity contribution in [3.63, 3.8) is 0 Å². The summed E-state index contributed by atoms with van der Waals surface area (Å²) in [5, 5.41) is 1.80. The molecule has 94 valence electrons. The van der Waals surface area contributed by atoms with E-state index in [0.29, 0.717) is 6.42 Å². The van der Waals surface area contributed by atoms with Crippen molar-refractivity contribution in [1.29, 1.82) is 0 Å². The monoisotopic (exact) mass is 246 g/mol. The molecule has 0 atom stereocenters. The van der Waals surface area contributed by atoms with E-state index >= 15 is 0 Å². The number of amides is 1. The molecule has 0 N–H and O–H groups in total. The van der Waals surface area contributed by atoms with Crippen LogP contribution in [-0.4, -0.2) is 20.0 Å². The number of rotatable bonds is 2. The molecule has 1 amide bonds. The normalized spacial score (nSPS) is 11.8. The van der Waals surface area contributed by atoms with E-state index in [-0.39, 0.29) is 16.2 Å². The van der Waals surface area contributed by atoms with E-state index in [1.54, 1.807) is 6.07 Å². The van der Waals surface area contributed by atoms with Crippen LogP contribution in [0.1, 0.15) is 13.3 Å². The Morgan fingerprint density at radius 2 is 1.72 bits per heavy atom. The molecular weight excluding hydrogens is 229 g/mol. The number of quaternary nitrogens is 1. The molecule has 2 rings (SSSR count). The van der Waals surface area contributed by atoms with Crippen molar-refractivity contribution >= 4 is 22.4 Å². The maximum atomic E-state index is 13.1. The molecule has 0 aliphatic rings. The third-order valence-corrected chi connectivity index (χ3v) is 3.36. The molecule has 18 heavy (non-hydrogen) atoms. The molecule has 0 aliphatic carbocycles. The van der Waals surface area contributed by atoms with E-state index in [1.165, 1.54) is 12.1 Å². The van der Waals surface area contributed by atoms with Crippen LogP contribution in [0, 0.1) is 5.82 Å². The molecule has 0 bridgehead atoms. The number of hydrogen-bond donors (Lipinski definition) is 0. The third kappa shape index (κ3) is 2.14. The van der Waals surface area contributed by atoms with Crippen LogP contribution in [0.3, 0.4) is 0 Å². The zero-order chi connectivity index (χ0) is 13.3. The lowest BCUT2D eigenvalue weighted by atomic mass is 10.1. The highest BCUT2D eigenvalue weighted by Gasteiger charge is 2.27. The molecular formula is C15H17FNO+. The zero-order valence-electron chi connectivity index (χ0n) is 10.9. The quantitative estimate of drug-likeness (QED) is 0.741. The van der Waals surface area contributed by atoms with E-state index in [4.69, 9.17) is 0 Å². The molecule has 0 aromatic heterocycles. The first-order valence-corrected chi connectivity index (χ1v) is 6.02. The van der Waals surface area contributed by atoms with Gasteiger partial charge < -0.3 is 0 Å². The van der Waals surface area contributed by atoms with Gasteiger partial charge in [-0.3, -0.25) is 0 Å². The summed E-state index contributed by atoms with van der Waals surface area (Å²) in [5.74, 6) is -0.0925. The van der Waals surface area contributed by atoms with Crippen LogP contribution >= 0.6 is 0 Å². The Kier molecular flexibility index (Phi) is 3.18. The Morgan fingerprint density at radius 1 is 1.11 bits per heavy atom. The number of benzene rings is 2. The van der Waals surface area contributed by atoms with Crippen LogP contribution in [0.15, 0.2) is 36.4 Å². The van der Waals surface area contributed by atoms with Gasteiger partial charge in [0.1, 0.15) is 11.5 Å². The fourth-order valence-corrected chi connectivity index (χ4v) is 2.09. The van der Waals surface area contributed by atoms with Gasteiger partial charge >= 0.3 is 5.91 Å². The van der Waals surface area contributed by atoms with Gasteiger partial charge in [-0.05, 0) is 29.0 Å². The Morgan fingerprint density at radius 3 is 2.39 bits per heavy atom. The van der Waals surface area contributed by atoms with Gasteiger partial charge in [-0.25, -0.2) is 13.7 Å². The summed E-state index contributed by atoms with van der Waals surface area (Å²) < 4.78 is 13.3. The van der Waals surface area contributed by atoms with Crippen LogP contribution in [0.2, 0.25) is 0 Å². The van der Waals surface area contributed by atoms with E-state index in [2.05, 4.69) is 0 Å². The topological polar surface area (TPSA) is 17.1 Å². The Bertz CT molecular complexity index is 604. The second-order valence-corrected chi connectivity index (χ2v) is 4.88. The highest BCUT2D eigenvalue weighted by atomic mass is 19.1. The Hall–Kier alpha value is -1.74. The van der Waals surface area contributed by atoms with Crippen molar-refractivity contribution in [3.8, 4) is 0 Å². The van der Waals surface area contributed by atoms with E-state index in [9.17, 15) is 9.18 Å². The minimum atomic E-state index is -0.242. The molecule has 2 aromatic rings. The minimum absolute atomic E-state index is 0.150. The van der Waals surface area contributed by atoms with Crippen molar-refractivity contribution < 1.29 is 9.18 Å². The molecule has 0 unspecified atom stereocenters. The van der Waals surface area contributed by atoms with Crippen LogP contribution in [0.5, 0.6) is 0 Å². The number of nitrogens with zero attached hydrogens (tertiary/aromatic N) is 1. The average molecular weight is 246 g/mol. The van der Waals surface area contributed by atoms with Gasteiger partial charge in [0.15, 0.2) is 0 Å². The van der Waals surface area contributed by atoms with E-state index in [0.717, 1.165) is 16.5 Å². The fraction of sp³-hybridized carbons (Fsp3) is 0.267. The van der Waals surface area contributed by atoms with Crippen LogP contribution in [0.25, 0.3) is 10.8 Å². The Labute approximate surface area is 106 Å². The van der Waals surface area contributed by atoms with E-state index in [1.807, 2.05) is 39.2 Å². The van der Waals surface area contributed by atoms with Gasteiger partial charge in [0.05, 0.1) is 20.5 Å². The first kappa shape index (κ1) is 12.7. The number of carbonyl (C=O) groups excluding carboxylic acids is 1. The van der Waals surface area contributed by atoms with Crippen molar-refractivity contribution in [3.05, 3.63) is 42.2 Å². The van der Waals surface area contributed by atoms with Crippen LogP contribution in [0.4, 0.5) is 10.1 Å². The Balaban J connectivity index is 2.54. The van der Waals surface area contributed by atoms with Gasteiger partial charge in [0.25, 0.3) is 0 Å². The van der Waals surface area contributed by atoms with Crippen molar-refractivity contribution in [2.45, 2.75) is 13.3 Å². The number of hydrogen-bond acceptors (Lipinski definition) is 1. The first-order chi connectivity index (χ1) is 8.45. The maximum Gasteiger partial charge on any atom is 0.318 e. The molecule has 0 saturated carbocycles. The van der Waals surface area contributed by atoms with Crippen molar-refractivity contribution in [1.82, 2.24) is 4.48 Å². The summed E-state index contributed by atoms with van der Waals surface area (Å²) in [6, 6.07) is 10.4. The number of carbonyl (C=O) groups is 1. The van der Waals surface area contributed by atoms with Crippen LogP contribution in [-0.2, 0) is 4.79 Å². The summed E-state index contributed by atoms with van der Waals surface area (Å²) >= 11 is 0. The van der Waals surface area contributed by atoms with Gasteiger partial charge in [-0.1, -0.05) is 13.0 Å². The van der Waals surface area contributed by atoms with Gasteiger partial charge in [-0.15, -0.1) is 0 Å². The lowest BCUT2D eigenvalue weighted by molar-refractivity contribution is -0.127. The summed E-state index contributed by atoms with van der Waals surface area (Å²) in [4.78, 5) is 11.9. The second-order valence-electron chi connectivity index (χ2n) is 4.88. The predicted octanol–water partition coefficient (Wildman–Crippen LogP) is 3.48. The SMILES string of the molecule is CCC(=O)[N+](C)(C)c1ccc2cc(F)ccc2c1.